The lowest BCUT2D eigenvalue weighted by atomic mass is 10.2. The molecule has 0 saturated carbocycles. The zero-order valence-electron chi connectivity index (χ0n) is 11.1. The van der Waals surface area contributed by atoms with Gasteiger partial charge in [0.2, 0.25) is 5.82 Å². The first kappa shape index (κ1) is 14.4. The lowest BCUT2D eigenvalue weighted by Crippen LogP contribution is -2.14. The van der Waals surface area contributed by atoms with Gasteiger partial charge in [0.05, 0.1) is 12.6 Å². The Morgan fingerprint density at radius 1 is 1.25 bits per heavy atom. The molecule has 0 amide bonds. The number of methoxy groups -OCH3 is 1. The van der Waals surface area contributed by atoms with E-state index in [-0.39, 0.29) is 11.3 Å². The average molecular weight is 285 g/mol. The van der Waals surface area contributed by atoms with Crippen molar-refractivity contribution in [1.29, 1.82) is 0 Å². The van der Waals surface area contributed by atoms with Crippen LogP contribution in [0.1, 0.15) is 19.2 Å². The minimum atomic E-state index is -4.57. The average Bonchev–Trinajstić information content (AvgIpc) is 2.42. The number of ether oxygens (including phenoxy) is 1. The fourth-order valence-electron chi connectivity index (χ4n) is 1.74. The summed E-state index contributed by atoms with van der Waals surface area (Å²) in [4.78, 5) is 7.14. The van der Waals surface area contributed by atoms with Crippen molar-refractivity contribution >= 4 is 16.7 Å². The molecule has 0 aliphatic heterocycles. The number of hydrogen-bond acceptors (Lipinski definition) is 4. The molecule has 1 heterocycles. The number of nitrogens with one attached hydrogen (secondary N) is 1. The van der Waals surface area contributed by atoms with Crippen molar-refractivity contribution in [3.05, 3.63) is 24.0 Å². The highest BCUT2D eigenvalue weighted by molar-refractivity contribution is 5.90. The van der Waals surface area contributed by atoms with Crippen LogP contribution in [0.5, 0.6) is 5.75 Å². The summed E-state index contributed by atoms with van der Waals surface area (Å²) in [5.74, 6) is -0.433. The molecule has 0 spiro atoms. The summed E-state index contributed by atoms with van der Waals surface area (Å²) < 4.78 is 43.4. The summed E-state index contributed by atoms with van der Waals surface area (Å²) >= 11 is 0. The Hall–Kier alpha value is -2.05. The van der Waals surface area contributed by atoms with Crippen LogP contribution in [0.4, 0.5) is 19.0 Å². The maximum Gasteiger partial charge on any atom is 0.451 e. The molecule has 0 bridgehead atoms. The van der Waals surface area contributed by atoms with Crippen LogP contribution in [-0.2, 0) is 6.18 Å². The van der Waals surface area contributed by atoms with Gasteiger partial charge < -0.3 is 10.1 Å². The highest BCUT2D eigenvalue weighted by Crippen LogP contribution is 2.31. The molecule has 1 aromatic heterocycles. The Labute approximate surface area is 114 Å². The van der Waals surface area contributed by atoms with Gasteiger partial charge in [0, 0.05) is 11.9 Å². The molecule has 1 aromatic carbocycles. The van der Waals surface area contributed by atoms with Crippen LogP contribution in [0, 0.1) is 0 Å². The second-order valence-electron chi connectivity index (χ2n) is 4.20. The molecule has 0 radical (unpaired) electrons. The SMILES string of the molecule is CCCNc1nc(C(F)(F)F)nc2ccc(OC)cc12. The van der Waals surface area contributed by atoms with Gasteiger partial charge >= 0.3 is 6.18 Å². The Bertz CT molecular complexity index is 614. The number of benzene rings is 1. The normalized spacial score (nSPS) is 11.7. The van der Waals surface area contributed by atoms with Crippen molar-refractivity contribution in [1.82, 2.24) is 9.97 Å². The fourth-order valence-corrected chi connectivity index (χ4v) is 1.74. The van der Waals surface area contributed by atoms with Gasteiger partial charge in [-0.05, 0) is 24.6 Å². The van der Waals surface area contributed by atoms with Crippen molar-refractivity contribution in [2.24, 2.45) is 0 Å². The number of alkyl halides is 3. The maximum absolute atomic E-state index is 12.8. The summed E-state index contributed by atoms with van der Waals surface area (Å²) in [7, 11) is 1.49. The Morgan fingerprint density at radius 3 is 2.60 bits per heavy atom. The molecule has 2 aromatic rings. The van der Waals surface area contributed by atoms with E-state index in [2.05, 4.69) is 15.3 Å². The third-order valence-corrected chi connectivity index (χ3v) is 2.70. The van der Waals surface area contributed by atoms with Crippen LogP contribution in [0.2, 0.25) is 0 Å². The number of rotatable bonds is 4. The number of anilines is 1. The van der Waals surface area contributed by atoms with Crippen LogP contribution in [0.25, 0.3) is 10.9 Å². The van der Waals surface area contributed by atoms with Crippen LogP contribution >= 0.6 is 0 Å². The summed E-state index contributed by atoms with van der Waals surface area (Å²) in [6.45, 7) is 2.45. The van der Waals surface area contributed by atoms with Crippen molar-refractivity contribution in [3.8, 4) is 5.75 Å². The summed E-state index contributed by atoms with van der Waals surface area (Å²) in [5.41, 5.74) is 0.228. The number of hydrogen-bond donors (Lipinski definition) is 1. The van der Waals surface area contributed by atoms with Gasteiger partial charge in [-0.2, -0.15) is 13.2 Å². The molecule has 0 atom stereocenters. The molecule has 20 heavy (non-hydrogen) atoms. The zero-order chi connectivity index (χ0) is 14.8. The predicted molar refractivity (Wildman–Crippen MR) is 69.9 cm³/mol. The van der Waals surface area contributed by atoms with Gasteiger partial charge in [0.1, 0.15) is 11.6 Å². The van der Waals surface area contributed by atoms with Gasteiger partial charge in [-0.15, -0.1) is 0 Å². The minimum absolute atomic E-state index is 0.170. The monoisotopic (exact) mass is 285 g/mol. The van der Waals surface area contributed by atoms with E-state index in [1.54, 1.807) is 12.1 Å². The standard InChI is InChI=1S/C13H14F3N3O/c1-3-6-17-11-9-7-8(20-2)4-5-10(9)18-12(19-11)13(14,15)16/h4-5,7H,3,6H2,1-2H3,(H,17,18,19). The minimum Gasteiger partial charge on any atom is -0.497 e. The van der Waals surface area contributed by atoms with E-state index >= 15 is 0 Å². The van der Waals surface area contributed by atoms with Gasteiger partial charge in [-0.1, -0.05) is 6.92 Å². The molecular formula is C13H14F3N3O. The second-order valence-corrected chi connectivity index (χ2v) is 4.20. The number of aromatic nitrogens is 2. The van der Waals surface area contributed by atoms with E-state index in [0.29, 0.717) is 17.7 Å². The molecular weight excluding hydrogens is 271 g/mol. The largest absolute Gasteiger partial charge is 0.497 e. The highest BCUT2D eigenvalue weighted by atomic mass is 19.4. The third-order valence-electron chi connectivity index (χ3n) is 2.70. The summed E-state index contributed by atoms with van der Waals surface area (Å²) in [6.07, 6.45) is -3.80. The number of halogens is 3. The Morgan fingerprint density at radius 2 is 2.00 bits per heavy atom. The van der Waals surface area contributed by atoms with Crippen LogP contribution in [-0.4, -0.2) is 23.6 Å². The first-order valence-electron chi connectivity index (χ1n) is 6.12. The van der Waals surface area contributed by atoms with Gasteiger partial charge in [-0.25, -0.2) is 9.97 Å². The lowest BCUT2D eigenvalue weighted by Gasteiger charge is -2.12. The Kier molecular flexibility index (Phi) is 3.96. The lowest BCUT2D eigenvalue weighted by molar-refractivity contribution is -0.144. The molecule has 108 valence electrons. The van der Waals surface area contributed by atoms with Crippen LogP contribution in [0.15, 0.2) is 18.2 Å². The van der Waals surface area contributed by atoms with Gasteiger partial charge in [0.25, 0.3) is 0 Å². The third kappa shape index (κ3) is 2.92. The summed E-state index contributed by atoms with van der Waals surface area (Å²) in [6, 6.07) is 4.68. The fraction of sp³-hybridized carbons (Fsp3) is 0.385. The van der Waals surface area contributed by atoms with Crippen molar-refractivity contribution in [2.75, 3.05) is 19.0 Å². The molecule has 0 aliphatic carbocycles. The van der Waals surface area contributed by atoms with Crippen molar-refractivity contribution in [2.45, 2.75) is 19.5 Å². The second kappa shape index (κ2) is 5.52. The van der Waals surface area contributed by atoms with Crippen molar-refractivity contribution < 1.29 is 17.9 Å². The molecule has 0 aliphatic rings. The highest BCUT2D eigenvalue weighted by Gasteiger charge is 2.35. The van der Waals surface area contributed by atoms with E-state index in [1.807, 2.05) is 6.92 Å². The topological polar surface area (TPSA) is 47.0 Å². The quantitative estimate of drug-likeness (QED) is 0.934. The predicted octanol–water partition coefficient (Wildman–Crippen LogP) is 3.48. The van der Waals surface area contributed by atoms with Crippen molar-refractivity contribution in [3.63, 3.8) is 0 Å². The summed E-state index contributed by atoms with van der Waals surface area (Å²) in [5, 5.41) is 3.40. The number of fused-ring (bicyclic) bond motifs is 1. The molecule has 1 N–H and O–H groups in total. The molecule has 0 unspecified atom stereocenters. The van der Waals surface area contributed by atoms with Crippen LogP contribution in [0.3, 0.4) is 0 Å². The molecule has 7 heteroatoms. The molecule has 0 saturated heterocycles. The van der Waals surface area contributed by atoms with Crippen LogP contribution < -0.4 is 10.1 Å². The smallest absolute Gasteiger partial charge is 0.451 e. The zero-order valence-corrected chi connectivity index (χ0v) is 11.1. The Balaban J connectivity index is 2.61. The van der Waals surface area contributed by atoms with Gasteiger partial charge in [-0.3, -0.25) is 0 Å². The van der Waals surface area contributed by atoms with Gasteiger partial charge in [0.15, 0.2) is 0 Å². The molecule has 0 fully saturated rings. The maximum atomic E-state index is 12.8. The first-order chi connectivity index (χ1) is 9.45. The number of nitrogens with zero attached hydrogens (tertiary/aromatic N) is 2. The van der Waals surface area contributed by atoms with E-state index in [9.17, 15) is 13.2 Å². The van der Waals surface area contributed by atoms with E-state index < -0.39 is 12.0 Å². The van der Waals surface area contributed by atoms with E-state index in [1.165, 1.54) is 13.2 Å². The molecule has 4 nitrogen and oxygen atoms in total. The van der Waals surface area contributed by atoms with E-state index in [4.69, 9.17) is 4.74 Å². The molecule has 2 rings (SSSR count). The first-order valence-corrected chi connectivity index (χ1v) is 6.12. The van der Waals surface area contributed by atoms with E-state index in [0.717, 1.165) is 6.42 Å².